The topological polar surface area (TPSA) is 121 Å². The van der Waals surface area contributed by atoms with Crippen LogP contribution in [-0.4, -0.2) is 60.4 Å². The highest BCUT2D eigenvalue weighted by molar-refractivity contribution is 6.32. The van der Waals surface area contributed by atoms with Gasteiger partial charge in [-0.05, 0) is 50.7 Å². The van der Waals surface area contributed by atoms with Crippen molar-refractivity contribution in [2.24, 2.45) is 5.73 Å². The lowest BCUT2D eigenvalue weighted by atomic mass is 9.63. The van der Waals surface area contributed by atoms with Crippen LogP contribution in [0.2, 0.25) is 5.02 Å². The fourth-order valence-corrected chi connectivity index (χ4v) is 5.36. The van der Waals surface area contributed by atoms with Crippen LogP contribution < -0.4 is 16.4 Å². The van der Waals surface area contributed by atoms with E-state index in [0.717, 1.165) is 38.5 Å². The van der Waals surface area contributed by atoms with Crippen molar-refractivity contribution in [3.05, 3.63) is 46.1 Å². The fourth-order valence-electron chi connectivity index (χ4n) is 5.17. The van der Waals surface area contributed by atoms with E-state index < -0.39 is 5.91 Å². The van der Waals surface area contributed by atoms with Crippen molar-refractivity contribution in [3.8, 4) is 0 Å². The highest BCUT2D eigenvalue weighted by Crippen LogP contribution is 2.48. The third-order valence-corrected chi connectivity index (χ3v) is 7.49. The molecular weight excluding hydrogens is 430 g/mol. The molecule has 9 heteroatoms. The van der Waals surface area contributed by atoms with Crippen molar-refractivity contribution < 1.29 is 14.3 Å². The van der Waals surface area contributed by atoms with Crippen molar-refractivity contribution in [1.29, 1.82) is 5.41 Å². The minimum absolute atomic E-state index is 0.0150. The number of piperazine rings is 1. The SMILES string of the molecule is COC12CCC(NC(=O)N3CCN/C(=C(\C(=N)c4cccc(Cl)c4)C(N)=O)C3)(CC1)CC2. The molecule has 3 amide bonds. The molecule has 2 bridgehead atoms. The first-order chi connectivity index (χ1) is 15.3. The van der Waals surface area contributed by atoms with Crippen molar-refractivity contribution in [2.45, 2.75) is 49.7 Å². The number of hydrogen-bond acceptors (Lipinski definition) is 5. The summed E-state index contributed by atoms with van der Waals surface area (Å²) < 4.78 is 5.75. The predicted molar refractivity (Wildman–Crippen MR) is 123 cm³/mol. The molecule has 1 saturated heterocycles. The van der Waals surface area contributed by atoms with Gasteiger partial charge in [0.25, 0.3) is 5.91 Å². The normalized spacial score (nSPS) is 28.6. The van der Waals surface area contributed by atoms with Gasteiger partial charge in [-0.3, -0.25) is 10.2 Å². The van der Waals surface area contributed by atoms with Crippen LogP contribution in [-0.2, 0) is 9.53 Å². The molecule has 0 radical (unpaired) electrons. The molecule has 0 aromatic heterocycles. The molecule has 1 aromatic rings. The number of ether oxygens (including phenoxy) is 1. The molecule has 3 aliphatic carbocycles. The van der Waals surface area contributed by atoms with Gasteiger partial charge in [0.15, 0.2) is 0 Å². The summed E-state index contributed by atoms with van der Waals surface area (Å²) in [4.78, 5) is 27.1. The van der Waals surface area contributed by atoms with Crippen LogP contribution in [0.4, 0.5) is 4.79 Å². The molecule has 1 heterocycles. The molecule has 0 atom stereocenters. The van der Waals surface area contributed by atoms with Crippen molar-refractivity contribution in [1.82, 2.24) is 15.5 Å². The molecule has 1 aromatic carbocycles. The summed E-state index contributed by atoms with van der Waals surface area (Å²) in [5.74, 6) is -0.714. The number of nitrogens with two attached hydrogens (primary N) is 1. The number of benzene rings is 1. The van der Waals surface area contributed by atoms with Gasteiger partial charge in [0.05, 0.1) is 23.4 Å². The summed E-state index contributed by atoms with van der Waals surface area (Å²) >= 11 is 6.05. The minimum atomic E-state index is -0.714. The van der Waals surface area contributed by atoms with E-state index in [1.165, 1.54) is 0 Å². The summed E-state index contributed by atoms with van der Waals surface area (Å²) in [6.07, 6.45) is 5.60. The zero-order valence-corrected chi connectivity index (χ0v) is 19.1. The Morgan fingerprint density at radius 1 is 1.22 bits per heavy atom. The van der Waals surface area contributed by atoms with E-state index in [1.807, 2.05) is 0 Å². The number of carbonyl (C=O) groups is 2. The number of methoxy groups -OCH3 is 1. The largest absolute Gasteiger partial charge is 0.384 e. The number of hydrogen-bond donors (Lipinski definition) is 4. The van der Waals surface area contributed by atoms with Crippen molar-refractivity contribution in [3.63, 3.8) is 0 Å². The monoisotopic (exact) mass is 459 g/mol. The maximum atomic E-state index is 13.2. The molecule has 0 spiro atoms. The number of urea groups is 1. The zero-order chi connectivity index (χ0) is 22.9. The van der Waals surface area contributed by atoms with E-state index >= 15 is 0 Å². The minimum Gasteiger partial charge on any atom is -0.384 e. The molecule has 4 aliphatic rings. The van der Waals surface area contributed by atoms with E-state index in [2.05, 4.69) is 10.6 Å². The van der Waals surface area contributed by atoms with E-state index in [4.69, 9.17) is 27.5 Å². The van der Waals surface area contributed by atoms with Gasteiger partial charge in [0.2, 0.25) is 0 Å². The number of amides is 3. The Bertz CT molecular complexity index is 952. The van der Waals surface area contributed by atoms with Crippen LogP contribution in [0.5, 0.6) is 0 Å². The first-order valence-electron chi connectivity index (χ1n) is 11.0. The highest BCUT2D eigenvalue weighted by Gasteiger charge is 2.50. The second-order valence-electron chi connectivity index (χ2n) is 9.05. The Hall–Kier alpha value is -2.58. The standard InChI is InChI=1S/C23H30ClN5O3/c1-32-23-8-5-22(6-9-23,7-10-23)28-21(31)29-12-11-27-17(14-29)18(20(26)30)19(25)15-3-2-4-16(24)13-15/h2-4,13,25,27H,5-12,14H2,1H3,(H2,26,30)(H,28,31)/b18-17+,25-19?. The third-order valence-electron chi connectivity index (χ3n) is 7.25. The highest BCUT2D eigenvalue weighted by atomic mass is 35.5. The lowest BCUT2D eigenvalue weighted by Crippen LogP contribution is -2.62. The quantitative estimate of drug-likeness (QED) is 0.399. The molecule has 8 nitrogen and oxygen atoms in total. The second kappa shape index (κ2) is 8.75. The second-order valence-corrected chi connectivity index (χ2v) is 9.49. The number of rotatable bonds is 5. The number of carbonyl (C=O) groups excluding carboxylic acids is 2. The summed E-state index contributed by atoms with van der Waals surface area (Å²) in [6.45, 7) is 1.16. The molecule has 4 fully saturated rings. The maximum absolute atomic E-state index is 13.2. The third kappa shape index (κ3) is 4.34. The molecular formula is C23H30ClN5O3. The van der Waals surface area contributed by atoms with Gasteiger partial charge in [-0.1, -0.05) is 23.7 Å². The molecule has 5 N–H and O–H groups in total. The Labute approximate surface area is 193 Å². The first-order valence-corrected chi connectivity index (χ1v) is 11.4. The van der Waals surface area contributed by atoms with E-state index in [-0.39, 0.29) is 35.0 Å². The van der Waals surface area contributed by atoms with Gasteiger partial charge in [-0.2, -0.15) is 0 Å². The Morgan fingerprint density at radius 2 is 1.91 bits per heavy atom. The van der Waals surface area contributed by atoms with E-state index in [9.17, 15) is 9.59 Å². The molecule has 172 valence electrons. The van der Waals surface area contributed by atoms with Crippen LogP contribution in [0.1, 0.15) is 44.1 Å². The Kier molecular flexibility index (Phi) is 6.18. The van der Waals surface area contributed by atoms with Gasteiger partial charge < -0.3 is 26.0 Å². The van der Waals surface area contributed by atoms with Gasteiger partial charge >= 0.3 is 6.03 Å². The first kappa shape index (κ1) is 22.6. The lowest BCUT2D eigenvalue weighted by molar-refractivity contribution is -0.114. The number of primary amides is 1. The molecule has 1 aliphatic heterocycles. The predicted octanol–water partition coefficient (Wildman–Crippen LogP) is 2.55. The Balaban J connectivity index is 1.50. The summed E-state index contributed by atoms with van der Waals surface area (Å²) in [5.41, 5.74) is 6.47. The van der Waals surface area contributed by atoms with Gasteiger partial charge in [0, 0.05) is 42.0 Å². The molecule has 32 heavy (non-hydrogen) atoms. The summed E-state index contributed by atoms with van der Waals surface area (Å²) in [5, 5.41) is 15.5. The molecule has 5 rings (SSSR count). The van der Waals surface area contributed by atoms with Crippen molar-refractivity contribution >= 4 is 29.3 Å². The lowest BCUT2D eigenvalue weighted by Gasteiger charge is -2.53. The van der Waals surface area contributed by atoms with Crippen LogP contribution in [0, 0.1) is 5.41 Å². The van der Waals surface area contributed by atoms with E-state index in [0.29, 0.717) is 29.4 Å². The van der Waals surface area contributed by atoms with Crippen LogP contribution in [0.15, 0.2) is 35.5 Å². The number of halogens is 1. The fraction of sp³-hybridized carbons (Fsp3) is 0.522. The maximum Gasteiger partial charge on any atom is 0.318 e. The van der Waals surface area contributed by atoms with Crippen molar-refractivity contribution in [2.75, 3.05) is 26.7 Å². The molecule has 3 saturated carbocycles. The number of fused-ring (bicyclic) bond motifs is 3. The van der Waals surface area contributed by atoms with Gasteiger partial charge in [-0.15, -0.1) is 0 Å². The zero-order valence-electron chi connectivity index (χ0n) is 18.3. The average Bonchev–Trinajstić information content (AvgIpc) is 2.80. The Morgan fingerprint density at radius 3 is 2.50 bits per heavy atom. The van der Waals surface area contributed by atoms with Crippen LogP contribution in [0.25, 0.3) is 0 Å². The van der Waals surface area contributed by atoms with Crippen LogP contribution in [0.3, 0.4) is 0 Å². The number of nitrogens with zero attached hydrogens (tertiary/aromatic N) is 1. The average molecular weight is 460 g/mol. The van der Waals surface area contributed by atoms with Crippen LogP contribution >= 0.6 is 11.6 Å². The van der Waals surface area contributed by atoms with Gasteiger partial charge in [-0.25, -0.2) is 4.79 Å². The summed E-state index contributed by atoms with van der Waals surface area (Å²) in [6, 6.07) is 6.60. The van der Waals surface area contributed by atoms with E-state index in [1.54, 1.807) is 36.3 Å². The number of nitrogens with one attached hydrogen (secondary N) is 3. The smallest absolute Gasteiger partial charge is 0.318 e. The van der Waals surface area contributed by atoms with Gasteiger partial charge in [0.1, 0.15) is 0 Å². The molecule has 0 unspecified atom stereocenters. The summed E-state index contributed by atoms with van der Waals surface area (Å²) in [7, 11) is 1.78.